The minimum atomic E-state index is -1.67. The molecule has 3 aliphatic heterocycles. The molecule has 17 nitrogen and oxygen atoms in total. The number of hydrogen-bond acceptors (Lipinski definition) is 17. The third-order valence-electron chi connectivity index (χ3n) is 18.4. The summed E-state index contributed by atoms with van der Waals surface area (Å²) in [7, 11) is 0. The molecule has 0 amide bonds. The number of allylic oxidation sites excluding steroid dienone is 2. The normalized spacial score (nSPS) is 52.3. The van der Waals surface area contributed by atoms with Gasteiger partial charge in [0.25, 0.3) is 0 Å². The van der Waals surface area contributed by atoms with Crippen LogP contribution >= 0.6 is 0 Å². The van der Waals surface area contributed by atoms with Gasteiger partial charge in [-0.25, -0.2) is 0 Å². The molecular weight excluding hydrogens is 836 g/mol. The zero-order valence-corrected chi connectivity index (χ0v) is 39.0. The number of rotatable bonds is 13. The Labute approximate surface area is 377 Å². The summed E-state index contributed by atoms with van der Waals surface area (Å²) in [5.74, 6) is -0.0472. The third kappa shape index (κ3) is 8.49. The number of aliphatic hydroxyl groups excluding tert-OH is 11. The molecule has 3 heterocycles. The fourth-order valence-electron chi connectivity index (χ4n) is 14.6. The van der Waals surface area contributed by atoms with Crippen molar-refractivity contribution < 1.29 is 84.6 Å². The highest BCUT2D eigenvalue weighted by atomic mass is 16.7. The van der Waals surface area contributed by atoms with E-state index < -0.39 is 123 Å². The third-order valence-corrected chi connectivity index (χ3v) is 18.4. The molecule has 0 aromatic carbocycles. The Morgan fingerprint density at radius 3 is 1.81 bits per heavy atom. The van der Waals surface area contributed by atoms with E-state index >= 15 is 0 Å². The van der Waals surface area contributed by atoms with Gasteiger partial charge in [0.05, 0.1) is 37.6 Å². The van der Waals surface area contributed by atoms with E-state index in [-0.39, 0.29) is 46.0 Å². The van der Waals surface area contributed by atoms with Crippen LogP contribution in [0.15, 0.2) is 11.6 Å². The smallest absolute Gasteiger partial charge is 0.187 e. The molecule has 0 aromatic heterocycles. The van der Waals surface area contributed by atoms with Crippen molar-refractivity contribution in [2.45, 2.75) is 217 Å². The SMILES string of the molecule is CC(C)=CCC[C@](C)(O[C@@H]1O[C@H](CO[C@@H]2O[C@@H](CO)[C@H](O)[C@H]2O)[C@@H](O)[C@H](O)[C@H]1O)[C@H]1CC[C@@]2(C)[C@@H]1[C@H](O)C[C@@H]1[C@@]3(C)CC[C@H](O[C@@H]4O[C@H](CO)[C@@H](O)[C@H](O)[C@H]4O)C(C)(C)[C@H]3CC[C@@]12C. The van der Waals surface area contributed by atoms with Crippen molar-refractivity contribution in [1.29, 1.82) is 0 Å². The average molecular weight is 917 g/mol. The molecule has 4 saturated carbocycles. The van der Waals surface area contributed by atoms with Crippen LogP contribution in [0.3, 0.4) is 0 Å². The van der Waals surface area contributed by atoms with Gasteiger partial charge in [0.2, 0.25) is 0 Å². The molecule has 0 radical (unpaired) electrons. The van der Waals surface area contributed by atoms with Crippen molar-refractivity contribution in [1.82, 2.24) is 0 Å². The number of ether oxygens (including phenoxy) is 6. The van der Waals surface area contributed by atoms with Crippen molar-refractivity contribution >= 4 is 0 Å². The number of hydrogen-bond donors (Lipinski definition) is 11. The molecule has 0 aromatic rings. The molecular formula is C47H80O17. The predicted octanol–water partition coefficient (Wildman–Crippen LogP) is 0.612. The van der Waals surface area contributed by atoms with Crippen LogP contribution in [0, 0.1) is 45.3 Å². The number of fused-ring (bicyclic) bond motifs is 5. The van der Waals surface area contributed by atoms with E-state index in [4.69, 9.17) is 28.4 Å². The fourth-order valence-corrected chi connectivity index (χ4v) is 14.6. The molecule has 7 rings (SSSR count). The lowest BCUT2D eigenvalue weighted by Gasteiger charge is -2.71. The monoisotopic (exact) mass is 917 g/mol. The van der Waals surface area contributed by atoms with Crippen molar-refractivity contribution in [2.75, 3.05) is 19.8 Å². The van der Waals surface area contributed by atoms with Gasteiger partial charge in [0.1, 0.15) is 67.1 Å². The molecule has 11 N–H and O–H groups in total. The number of aliphatic hydroxyl groups is 11. The lowest BCUT2D eigenvalue weighted by Crippen LogP contribution is -2.67. The predicted molar refractivity (Wildman–Crippen MR) is 228 cm³/mol. The molecule has 0 spiro atoms. The summed E-state index contributed by atoms with van der Waals surface area (Å²) >= 11 is 0. The van der Waals surface area contributed by atoms with Crippen LogP contribution in [0.4, 0.5) is 0 Å². The molecule has 4 aliphatic carbocycles. The highest BCUT2D eigenvalue weighted by molar-refractivity contribution is 5.20. The Morgan fingerprint density at radius 2 is 1.19 bits per heavy atom. The minimum absolute atomic E-state index is 0.149. The molecule has 7 aliphatic rings. The van der Waals surface area contributed by atoms with Crippen LogP contribution in [-0.4, -0.2) is 180 Å². The van der Waals surface area contributed by atoms with Crippen molar-refractivity contribution in [3.8, 4) is 0 Å². The summed E-state index contributed by atoms with van der Waals surface area (Å²) in [6.45, 7) is 16.1. The van der Waals surface area contributed by atoms with E-state index in [1.165, 1.54) is 0 Å². The molecule has 370 valence electrons. The fraction of sp³-hybridized carbons (Fsp3) is 0.957. The van der Waals surface area contributed by atoms with Crippen LogP contribution in [0.2, 0.25) is 0 Å². The summed E-state index contributed by atoms with van der Waals surface area (Å²) in [5.41, 5.74) is -0.947. The Bertz CT molecular complexity index is 1630. The lowest BCUT2D eigenvalue weighted by atomic mass is 9.35. The van der Waals surface area contributed by atoms with Gasteiger partial charge in [-0.1, -0.05) is 46.3 Å². The first-order valence-electron chi connectivity index (χ1n) is 23.8. The highest BCUT2D eigenvalue weighted by Gasteiger charge is 2.72. The maximum absolute atomic E-state index is 12.7. The Kier molecular flexibility index (Phi) is 14.9. The van der Waals surface area contributed by atoms with Gasteiger partial charge < -0.3 is 84.6 Å². The van der Waals surface area contributed by atoms with Gasteiger partial charge in [-0.2, -0.15) is 0 Å². The van der Waals surface area contributed by atoms with Crippen molar-refractivity contribution in [3.63, 3.8) is 0 Å². The second-order valence-corrected chi connectivity index (χ2v) is 22.4. The van der Waals surface area contributed by atoms with Crippen LogP contribution in [0.25, 0.3) is 0 Å². The standard InChI is InChI=1S/C47H80O17/c1-22(2)10-9-14-47(8,64-42-39(58)36(55)34(53)27(62-42)21-59-40-37(56)33(52)26(20-49)60-40)23-11-16-46(7)31(23)24(50)18-29-44(5)15-13-30(43(3,4)28(44)12-17-45(29,46)6)63-41-38(57)35(54)32(51)25(19-48)61-41/h10,23-42,48-58H,9,11-21H2,1-8H3/t23-,24+,25+,26-,27+,28+,29+,30-,31-,32+,33-,34+,35-,36-,37+,38+,39+,40+,41-,42-,44-,45-,46-,47-/m0/s1. The lowest BCUT2D eigenvalue weighted by molar-refractivity contribution is -0.342. The van der Waals surface area contributed by atoms with Crippen LogP contribution in [0.1, 0.15) is 113 Å². The van der Waals surface area contributed by atoms with Crippen molar-refractivity contribution in [3.05, 3.63) is 11.6 Å². The quantitative estimate of drug-likeness (QED) is 0.0892. The molecule has 7 fully saturated rings. The maximum Gasteiger partial charge on any atom is 0.187 e. The summed E-state index contributed by atoms with van der Waals surface area (Å²) in [6.07, 6.45) is -11.9. The molecule has 0 unspecified atom stereocenters. The minimum Gasteiger partial charge on any atom is -0.394 e. The first-order chi connectivity index (χ1) is 29.9. The summed E-state index contributed by atoms with van der Waals surface area (Å²) < 4.78 is 36.6. The zero-order chi connectivity index (χ0) is 47.1. The second kappa shape index (κ2) is 18.8. The molecule has 0 bridgehead atoms. The average Bonchev–Trinajstić information content (AvgIpc) is 3.76. The van der Waals surface area contributed by atoms with Gasteiger partial charge in [0.15, 0.2) is 18.9 Å². The molecule has 17 heteroatoms. The molecule has 3 saturated heterocycles. The van der Waals surface area contributed by atoms with E-state index in [9.17, 15) is 56.2 Å². The van der Waals surface area contributed by atoms with Crippen LogP contribution in [-0.2, 0) is 28.4 Å². The van der Waals surface area contributed by atoms with E-state index in [2.05, 4.69) is 40.7 Å². The highest BCUT2D eigenvalue weighted by Crippen LogP contribution is 2.76. The van der Waals surface area contributed by atoms with Gasteiger partial charge >= 0.3 is 0 Å². The van der Waals surface area contributed by atoms with Crippen LogP contribution < -0.4 is 0 Å². The molecule has 24 atom stereocenters. The zero-order valence-electron chi connectivity index (χ0n) is 39.0. The Balaban J connectivity index is 1.11. The second-order valence-electron chi connectivity index (χ2n) is 22.4. The van der Waals surface area contributed by atoms with E-state index in [0.29, 0.717) is 25.7 Å². The topological polar surface area (TPSA) is 278 Å². The maximum atomic E-state index is 12.7. The van der Waals surface area contributed by atoms with Crippen LogP contribution in [0.5, 0.6) is 0 Å². The van der Waals surface area contributed by atoms with E-state index in [1.54, 1.807) is 0 Å². The summed E-state index contributed by atoms with van der Waals surface area (Å²) in [6, 6.07) is 0. The first-order valence-corrected chi connectivity index (χ1v) is 23.8. The Hall–Kier alpha value is -0.940. The van der Waals surface area contributed by atoms with E-state index in [0.717, 1.165) is 37.7 Å². The molecule has 64 heavy (non-hydrogen) atoms. The summed E-state index contributed by atoms with van der Waals surface area (Å²) in [4.78, 5) is 0. The van der Waals surface area contributed by atoms with Gasteiger partial charge in [-0.05, 0) is 124 Å². The van der Waals surface area contributed by atoms with E-state index in [1.807, 2.05) is 20.8 Å². The largest absolute Gasteiger partial charge is 0.394 e. The Morgan fingerprint density at radius 1 is 0.641 bits per heavy atom. The summed E-state index contributed by atoms with van der Waals surface area (Å²) in [5, 5.41) is 118. The van der Waals surface area contributed by atoms with Crippen molar-refractivity contribution in [2.24, 2.45) is 45.3 Å². The van der Waals surface area contributed by atoms with Gasteiger partial charge in [0, 0.05) is 0 Å². The van der Waals surface area contributed by atoms with Gasteiger partial charge in [-0.3, -0.25) is 0 Å². The van der Waals surface area contributed by atoms with Gasteiger partial charge in [-0.15, -0.1) is 0 Å². The first kappa shape index (κ1) is 50.9.